The van der Waals surface area contributed by atoms with Crippen LogP contribution >= 0.6 is 12.6 Å². The number of rotatable bonds is 2. The summed E-state index contributed by atoms with van der Waals surface area (Å²) < 4.78 is 0. The van der Waals surface area contributed by atoms with Gasteiger partial charge < -0.3 is 5.32 Å². The van der Waals surface area contributed by atoms with Crippen LogP contribution in [-0.4, -0.2) is 13.1 Å². The van der Waals surface area contributed by atoms with Gasteiger partial charge in [0.1, 0.15) is 0 Å². The molecule has 0 saturated carbocycles. The van der Waals surface area contributed by atoms with E-state index in [4.69, 9.17) is 0 Å². The van der Waals surface area contributed by atoms with Gasteiger partial charge in [0.25, 0.3) is 0 Å². The van der Waals surface area contributed by atoms with E-state index in [1.54, 1.807) is 0 Å². The predicted octanol–water partition coefficient (Wildman–Crippen LogP) is 2.19. The molecule has 0 spiro atoms. The van der Waals surface area contributed by atoms with Crippen molar-refractivity contribution in [1.82, 2.24) is 5.32 Å². The van der Waals surface area contributed by atoms with Crippen molar-refractivity contribution in [3.05, 3.63) is 35.4 Å². The highest BCUT2D eigenvalue weighted by atomic mass is 32.1. The minimum atomic E-state index is 0.731. The van der Waals surface area contributed by atoms with E-state index < -0.39 is 0 Å². The molecule has 13 heavy (non-hydrogen) atoms. The van der Waals surface area contributed by atoms with Crippen molar-refractivity contribution in [3.8, 4) is 0 Å². The molecule has 70 valence electrons. The van der Waals surface area contributed by atoms with Crippen molar-refractivity contribution in [2.75, 3.05) is 13.1 Å². The number of nitrogens with one attached hydrogen (secondary N) is 1. The third-order valence-corrected chi connectivity index (χ3v) is 3.06. The minimum absolute atomic E-state index is 0.731. The minimum Gasteiger partial charge on any atom is -0.316 e. The molecule has 0 aliphatic carbocycles. The van der Waals surface area contributed by atoms with E-state index in [9.17, 15) is 0 Å². The lowest BCUT2D eigenvalue weighted by Gasteiger charge is -2.08. The second kappa shape index (κ2) is 4.16. The molecule has 1 aliphatic rings. The van der Waals surface area contributed by atoms with Gasteiger partial charge in [-0.3, -0.25) is 0 Å². The SMILES string of the molecule is SCc1ccc(C2CCNC2)cc1. The Morgan fingerprint density at radius 1 is 1.31 bits per heavy atom. The smallest absolute Gasteiger partial charge is 0.0154 e. The Morgan fingerprint density at radius 3 is 2.62 bits per heavy atom. The number of benzene rings is 1. The molecule has 1 fully saturated rings. The van der Waals surface area contributed by atoms with Crippen LogP contribution in [0.15, 0.2) is 24.3 Å². The van der Waals surface area contributed by atoms with Crippen molar-refractivity contribution >= 4 is 12.6 Å². The van der Waals surface area contributed by atoms with Gasteiger partial charge >= 0.3 is 0 Å². The van der Waals surface area contributed by atoms with Gasteiger partial charge in [0, 0.05) is 12.3 Å². The molecule has 1 saturated heterocycles. The van der Waals surface area contributed by atoms with Gasteiger partial charge in [0.2, 0.25) is 0 Å². The predicted molar refractivity (Wildman–Crippen MR) is 59.4 cm³/mol. The van der Waals surface area contributed by atoms with Crippen molar-refractivity contribution in [2.45, 2.75) is 18.1 Å². The molecular weight excluding hydrogens is 178 g/mol. The second-order valence-corrected chi connectivity index (χ2v) is 3.91. The van der Waals surface area contributed by atoms with Gasteiger partial charge in [0.15, 0.2) is 0 Å². The van der Waals surface area contributed by atoms with Gasteiger partial charge in [-0.1, -0.05) is 24.3 Å². The summed E-state index contributed by atoms with van der Waals surface area (Å²) in [4.78, 5) is 0. The topological polar surface area (TPSA) is 12.0 Å². The van der Waals surface area contributed by atoms with Crippen LogP contribution in [0.4, 0.5) is 0 Å². The molecule has 0 amide bonds. The lowest BCUT2D eigenvalue weighted by Crippen LogP contribution is -2.07. The van der Waals surface area contributed by atoms with E-state index in [0.29, 0.717) is 0 Å². The maximum Gasteiger partial charge on any atom is 0.0154 e. The highest BCUT2D eigenvalue weighted by molar-refractivity contribution is 7.79. The molecule has 1 atom stereocenters. The first-order valence-corrected chi connectivity index (χ1v) is 5.44. The maximum atomic E-state index is 4.24. The fourth-order valence-electron chi connectivity index (χ4n) is 1.83. The summed E-state index contributed by atoms with van der Waals surface area (Å²) in [7, 11) is 0. The van der Waals surface area contributed by atoms with Crippen molar-refractivity contribution in [3.63, 3.8) is 0 Å². The second-order valence-electron chi connectivity index (χ2n) is 3.59. The summed E-state index contributed by atoms with van der Waals surface area (Å²) >= 11 is 4.24. The van der Waals surface area contributed by atoms with Gasteiger partial charge in [0.05, 0.1) is 0 Å². The number of hydrogen-bond acceptors (Lipinski definition) is 2. The van der Waals surface area contributed by atoms with Crippen molar-refractivity contribution < 1.29 is 0 Å². The summed E-state index contributed by atoms with van der Waals surface area (Å²) in [6.45, 7) is 2.30. The lowest BCUT2D eigenvalue weighted by atomic mass is 9.98. The number of thiol groups is 1. The third-order valence-electron chi connectivity index (χ3n) is 2.69. The Bertz CT molecular complexity index is 262. The zero-order valence-corrected chi connectivity index (χ0v) is 8.56. The summed E-state index contributed by atoms with van der Waals surface area (Å²) in [5, 5.41) is 3.38. The quantitative estimate of drug-likeness (QED) is 0.686. The van der Waals surface area contributed by atoms with Gasteiger partial charge in [-0.05, 0) is 30.0 Å². The average Bonchev–Trinajstić information content (AvgIpc) is 2.71. The molecule has 0 radical (unpaired) electrons. The molecule has 1 aromatic rings. The summed E-state index contributed by atoms with van der Waals surface area (Å²) in [6, 6.07) is 8.84. The Morgan fingerprint density at radius 2 is 2.08 bits per heavy atom. The zero-order chi connectivity index (χ0) is 9.10. The van der Waals surface area contributed by atoms with E-state index in [-0.39, 0.29) is 0 Å². The molecule has 1 aliphatic heterocycles. The largest absolute Gasteiger partial charge is 0.316 e. The van der Waals surface area contributed by atoms with E-state index in [1.165, 1.54) is 24.1 Å². The number of hydrogen-bond donors (Lipinski definition) is 2. The van der Waals surface area contributed by atoms with Crippen LogP contribution in [0.5, 0.6) is 0 Å². The summed E-state index contributed by atoms with van der Waals surface area (Å²) in [5.74, 6) is 1.57. The van der Waals surface area contributed by atoms with Crippen LogP contribution in [0, 0.1) is 0 Å². The maximum absolute atomic E-state index is 4.24. The molecule has 0 aromatic heterocycles. The van der Waals surface area contributed by atoms with E-state index >= 15 is 0 Å². The van der Waals surface area contributed by atoms with Crippen LogP contribution in [0.1, 0.15) is 23.5 Å². The standard InChI is InChI=1S/C11H15NS/c13-8-9-1-3-10(4-2-9)11-5-6-12-7-11/h1-4,11-13H,5-8H2. The molecule has 1 unspecified atom stereocenters. The van der Waals surface area contributed by atoms with Gasteiger partial charge in [-0.2, -0.15) is 12.6 Å². The van der Waals surface area contributed by atoms with Crippen LogP contribution in [0.3, 0.4) is 0 Å². The molecule has 2 heteroatoms. The first-order valence-electron chi connectivity index (χ1n) is 4.80. The van der Waals surface area contributed by atoms with Crippen LogP contribution in [0.2, 0.25) is 0 Å². The molecular formula is C11H15NS. The Labute approximate surface area is 85.0 Å². The van der Waals surface area contributed by atoms with E-state index in [1.807, 2.05) is 0 Å². The highest BCUT2D eigenvalue weighted by Crippen LogP contribution is 2.22. The summed E-state index contributed by atoms with van der Waals surface area (Å²) in [6.07, 6.45) is 1.28. The van der Waals surface area contributed by atoms with Gasteiger partial charge in [-0.15, -0.1) is 0 Å². The van der Waals surface area contributed by atoms with Crippen LogP contribution in [-0.2, 0) is 5.75 Å². The molecule has 1 N–H and O–H groups in total. The van der Waals surface area contributed by atoms with Crippen LogP contribution in [0.25, 0.3) is 0 Å². The molecule has 1 aromatic carbocycles. The van der Waals surface area contributed by atoms with Crippen LogP contribution < -0.4 is 5.32 Å². The Kier molecular flexibility index (Phi) is 2.91. The van der Waals surface area contributed by atoms with E-state index in [2.05, 4.69) is 42.2 Å². The zero-order valence-electron chi connectivity index (χ0n) is 7.66. The summed E-state index contributed by atoms with van der Waals surface area (Å²) in [5.41, 5.74) is 2.77. The molecule has 0 bridgehead atoms. The normalized spacial score (nSPS) is 22.1. The first kappa shape index (κ1) is 9.10. The first-order chi connectivity index (χ1) is 6.40. The van der Waals surface area contributed by atoms with Crippen molar-refractivity contribution in [1.29, 1.82) is 0 Å². The molecule has 1 heterocycles. The van der Waals surface area contributed by atoms with Crippen molar-refractivity contribution in [2.24, 2.45) is 0 Å². The fourth-order valence-corrected chi connectivity index (χ4v) is 2.05. The third kappa shape index (κ3) is 2.06. The Hall–Kier alpha value is -0.470. The fraction of sp³-hybridized carbons (Fsp3) is 0.455. The average molecular weight is 193 g/mol. The Balaban J connectivity index is 2.12. The molecule has 1 nitrogen and oxygen atoms in total. The monoisotopic (exact) mass is 193 g/mol. The van der Waals surface area contributed by atoms with E-state index in [0.717, 1.165) is 18.2 Å². The van der Waals surface area contributed by atoms with Gasteiger partial charge in [-0.25, -0.2) is 0 Å². The molecule has 2 rings (SSSR count). The highest BCUT2D eigenvalue weighted by Gasteiger charge is 2.15. The lowest BCUT2D eigenvalue weighted by molar-refractivity contribution is 0.763.